The zero-order chi connectivity index (χ0) is 13.5. The Kier molecular flexibility index (Phi) is 3.12. The van der Waals surface area contributed by atoms with Crippen LogP contribution in [0.1, 0.15) is 18.2 Å². The predicted molar refractivity (Wildman–Crippen MR) is 63.2 cm³/mol. The molecular formula is C12H11ClF2N2O. The summed E-state index contributed by atoms with van der Waals surface area (Å²) >= 11 is 5.91. The minimum absolute atomic E-state index is 0.186. The molecule has 1 unspecified atom stereocenters. The second-order valence-corrected chi connectivity index (χ2v) is 4.55. The number of aryl methyl sites for hydroxylation is 1. The van der Waals surface area contributed by atoms with E-state index in [4.69, 9.17) is 11.6 Å². The fourth-order valence-corrected chi connectivity index (χ4v) is 2.32. The number of hydrogen-bond acceptors (Lipinski definition) is 2. The summed E-state index contributed by atoms with van der Waals surface area (Å²) in [6, 6.07) is 3.62. The maximum absolute atomic E-state index is 13.7. The molecular weight excluding hydrogens is 262 g/mol. The Morgan fingerprint density at radius 2 is 2.06 bits per heavy atom. The van der Waals surface area contributed by atoms with Crippen LogP contribution in [0.5, 0.6) is 0 Å². The molecule has 1 aromatic heterocycles. The van der Waals surface area contributed by atoms with Gasteiger partial charge in [-0.2, -0.15) is 5.10 Å². The Balaban J connectivity index is 2.65. The smallest absolute Gasteiger partial charge is 0.165 e. The van der Waals surface area contributed by atoms with E-state index in [1.165, 1.54) is 29.9 Å². The Morgan fingerprint density at radius 1 is 1.39 bits per heavy atom. The molecule has 0 saturated carbocycles. The molecule has 96 valence electrons. The number of halogens is 3. The fraction of sp³-hybridized carbons (Fsp3) is 0.250. The summed E-state index contributed by atoms with van der Waals surface area (Å²) in [6.07, 6.45) is 1.34. The molecule has 0 aliphatic heterocycles. The highest BCUT2D eigenvalue weighted by atomic mass is 35.5. The van der Waals surface area contributed by atoms with Crippen molar-refractivity contribution in [1.29, 1.82) is 0 Å². The van der Waals surface area contributed by atoms with E-state index in [1.54, 1.807) is 7.05 Å². The fourth-order valence-electron chi connectivity index (χ4n) is 1.97. The standard InChI is InChI=1S/C12H11ClF2N2O/c1-12(18,11-8(13)6-16-17(11)2)7-4-3-5-9(14)10(7)15/h3-6,18H,1-2H3. The van der Waals surface area contributed by atoms with Crippen LogP contribution in [0, 0.1) is 11.6 Å². The molecule has 0 aliphatic carbocycles. The lowest BCUT2D eigenvalue weighted by Gasteiger charge is -2.25. The zero-order valence-corrected chi connectivity index (χ0v) is 10.5. The normalized spacial score (nSPS) is 14.6. The molecule has 3 nitrogen and oxygen atoms in total. The largest absolute Gasteiger partial charge is 0.379 e. The molecule has 18 heavy (non-hydrogen) atoms. The van der Waals surface area contributed by atoms with Gasteiger partial charge in [-0.3, -0.25) is 4.68 Å². The van der Waals surface area contributed by atoms with Crippen LogP contribution in [0.15, 0.2) is 24.4 Å². The topological polar surface area (TPSA) is 38.0 Å². The van der Waals surface area contributed by atoms with Gasteiger partial charge in [0.1, 0.15) is 5.60 Å². The first-order valence-corrected chi connectivity index (χ1v) is 5.58. The summed E-state index contributed by atoms with van der Waals surface area (Å²) in [4.78, 5) is 0. The van der Waals surface area contributed by atoms with Gasteiger partial charge in [0.15, 0.2) is 11.6 Å². The molecule has 6 heteroatoms. The van der Waals surface area contributed by atoms with E-state index in [9.17, 15) is 13.9 Å². The molecule has 0 aliphatic rings. The van der Waals surface area contributed by atoms with Gasteiger partial charge in [0.2, 0.25) is 0 Å². The van der Waals surface area contributed by atoms with Crippen molar-refractivity contribution in [3.63, 3.8) is 0 Å². The van der Waals surface area contributed by atoms with Crippen molar-refractivity contribution >= 4 is 11.6 Å². The molecule has 1 atom stereocenters. The van der Waals surface area contributed by atoms with Gasteiger partial charge < -0.3 is 5.11 Å². The molecule has 0 saturated heterocycles. The first-order chi connectivity index (χ1) is 8.35. The van der Waals surface area contributed by atoms with Crippen LogP contribution in [0.4, 0.5) is 8.78 Å². The highest BCUT2D eigenvalue weighted by Crippen LogP contribution is 2.35. The summed E-state index contributed by atoms with van der Waals surface area (Å²) in [5.74, 6) is -2.12. The lowest BCUT2D eigenvalue weighted by molar-refractivity contribution is 0.0880. The number of nitrogens with zero attached hydrogens (tertiary/aromatic N) is 2. The molecule has 2 rings (SSSR count). The van der Waals surface area contributed by atoms with Crippen molar-refractivity contribution in [1.82, 2.24) is 9.78 Å². The third-order valence-corrected chi connectivity index (χ3v) is 3.11. The van der Waals surface area contributed by atoms with Crippen molar-refractivity contribution in [3.8, 4) is 0 Å². The lowest BCUT2D eigenvalue weighted by atomic mass is 9.91. The van der Waals surface area contributed by atoms with Crippen molar-refractivity contribution in [2.45, 2.75) is 12.5 Å². The quantitative estimate of drug-likeness (QED) is 0.913. The predicted octanol–water partition coefficient (Wildman–Crippen LogP) is 2.61. The van der Waals surface area contributed by atoms with E-state index < -0.39 is 17.2 Å². The SMILES string of the molecule is Cn1ncc(Cl)c1C(C)(O)c1cccc(F)c1F. The Hall–Kier alpha value is -1.46. The highest BCUT2D eigenvalue weighted by molar-refractivity contribution is 6.31. The van der Waals surface area contributed by atoms with Crippen molar-refractivity contribution in [3.05, 3.63) is 52.3 Å². The number of aromatic nitrogens is 2. The van der Waals surface area contributed by atoms with Gasteiger partial charge in [-0.1, -0.05) is 23.7 Å². The minimum atomic E-state index is -1.77. The van der Waals surface area contributed by atoms with E-state index in [0.29, 0.717) is 0 Å². The summed E-state index contributed by atoms with van der Waals surface area (Å²) < 4.78 is 28.3. The van der Waals surface area contributed by atoms with Gasteiger partial charge in [0.25, 0.3) is 0 Å². The Bertz CT molecular complexity index is 576. The summed E-state index contributed by atoms with van der Waals surface area (Å²) in [5.41, 5.74) is -1.75. The van der Waals surface area contributed by atoms with Gasteiger partial charge in [0.05, 0.1) is 16.9 Å². The molecule has 0 spiro atoms. The van der Waals surface area contributed by atoms with Crippen molar-refractivity contribution in [2.75, 3.05) is 0 Å². The van der Waals surface area contributed by atoms with Crippen LogP contribution in [0.2, 0.25) is 5.02 Å². The summed E-state index contributed by atoms with van der Waals surface area (Å²) in [6.45, 7) is 1.34. The van der Waals surface area contributed by atoms with E-state index in [0.717, 1.165) is 6.07 Å². The van der Waals surface area contributed by atoms with Crippen molar-refractivity contribution < 1.29 is 13.9 Å². The van der Waals surface area contributed by atoms with Crippen LogP contribution in [0.25, 0.3) is 0 Å². The lowest BCUT2D eigenvalue weighted by Crippen LogP contribution is -2.28. The van der Waals surface area contributed by atoms with Crippen LogP contribution < -0.4 is 0 Å². The molecule has 1 heterocycles. The highest BCUT2D eigenvalue weighted by Gasteiger charge is 2.34. The molecule has 0 bridgehead atoms. The summed E-state index contributed by atoms with van der Waals surface area (Å²) in [7, 11) is 1.56. The first kappa shape index (κ1) is 13.0. The summed E-state index contributed by atoms with van der Waals surface area (Å²) in [5, 5.41) is 14.5. The number of rotatable bonds is 2. The molecule has 1 N–H and O–H groups in total. The van der Waals surface area contributed by atoms with E-state index in [2.05, 4.69) is 5.10 Å². The third-order valence-electron chi connectivity index (χ3n) is 2.83. The van der Waals surface area contributed by atoms with Gasteiger partial charge in [0, 0.05) is 12.6 Å². The van der Waals surface area contributed by atoms with Gasteiger partial charge in [-0.25, -0.2) is 8.78 Å². The van der Waals surface area contributed by atoms with Crippen LogP contribution in [0.3, 0.4) is 0 Å². The van der Waals surface area contributed by atoms with Gasteiger partial charge >= 0.3 is 0 Å². The number of benzene rings is 1. The monoisotopic (exact) mass is 272 g/mol. The second kappa shape index (κ2) is 4.33. The van der Waals surface area contributed by atoms with E-state index in [1.807, 2.05) is 0 Å². The molecule has 0 amide bonds. The number of hydrogen-bond donors (Lipinski definition) is 1. The molecule has 2 aromatic rings. The van der Waals surface area contributed by atoms with Crippen LogP contribution >= 0.6 is 11.6 Å². The van der Waals surface area contributed by atoms with E-state index in [-0.39, 0.29) is 16.3 Å². The zero-order valence-electron chi connectivity index (χ0n) is 9.78. The number of aliphatic hydroxyl groups is 1. The van der Waals surface area contributed by atoms with Crippen molar-refractivity contribution in [2.24, 2.45) is 7.05 Å². The second-order valence-electron chi connectivity index (χ2n) is 4.14. The minimum Gasteiger partial charge on any atom is -0.379 e. The Morgan fingerprint density at radius 3 is 2.61 bits per heavy atom. The third kappa shape index (κ3) is 1.89. The first-order valence-electron chi connectivity index (χ1n) is 5.20. The molecule has 0 radical (unpaired) electrons. The molecule has 1 aromatic carbocycles. The average Bonchev–Trinajstić information content (AvgIpc) is 2.62. The Labute approximate surface area is 108 Å². The maximum Gasteiger partial charge on any atom is 0.165 e. The molecule has 0 fully saturated rings. The van der Waals surface area contributed by atoms with Gasteiger partial charge in [-0.05, 0) is 13.0 Å². The maximum atomic E-state index is 13.7. The van der Waals surface area contributed by atoms with Crippen LogP contribution in [-0.2, 0) is 12.6 Å². The van der Waals surface area contributed by atoms with Crippen LogP contribution in [-0.4, -0.2) is 14.9 Å². The average molecular weight is 273 g/mol. The van der Waals surface area contributed by atoms with Gasteiger partial charge in [-0.15, -0.1) is 0 Å². The van der Waals surface area contributed by atoms with E-state index >= 15 is 0 Å².